The predicted octanol–water partition coefficient (Wildman–Crippen LogP) is 4.16. The highest BCUT2D eigenvalue weighted by molar-refractivity contribution is 5.94. The van der Waals surface area contributed by atoms with E-state index in [0.29, 0.717) is 39.6 Å². The third-order valence-corrected chi connectivity index (χ3v) is 4.98. The maximum Gasteiger partial charge on any atom is 0.161 e. The molecule has 1 aromatic carbocycles. The second-order valence-corrected chi connectivity index (χ2v) is 6.90. The third-order valence-electron chi connectivity index (χ3n) is 4.98. The zero-order valence-electron chi connectivity index (χ0n) is 15.9. The normalized spacial score (nSPS) is 11.4. The molecule has 31 heavy (non-hydrogen) atoms. The van der Waals surface area contributed by atoms with Gasteiger partial charge >= 0.3 is 0 Å². The van der Waals surface area contributed by atoms with Crippen LogP contribution in [0, 0.1) is 5.82 Å². The van der Waals surface area contributed by atoms with Gasteiger partial charge in [-0.25, -0.2) is 14.4 Å². The van der Waals surface area contributed by atoms with Gasteiger partial charge in [0.25, 0.3) is 0 Å². The van der Waals surface area contributed by atoms with E-state index in [1.165, 1.54) is 12.1 Å². The van der Waals surface area contributed by atoms with Crippen molar-refractivity contribution in [2.75, 3.05) is 0 Å². The van der Waals surface area contributed by atoms with Gasteiger partial charge in [-0.2, -0.15) is 5.10 Å². The van der Waals surface area contributed by atoms with Crippen molar-refractivity contribution < 1.29 is 4.39 Å². The molecule has 0 aliphatic carbocycles. The van der Waals surface area contributed by atoms with Crippen molar-refractivity contribution in [2.24, 2.45) is 0 Å². The smallest absolute Gasteiger partial charge is 0.161 e. The molecule has 6 aromatic rings. The highest BCUT2D eigenvalue weighted by Gasteiger charge is 2.17. The lowest BCUT2D eigenvalue weighted by atomic mass is 10.1. The van der Waals surface area contributed by atoms with Crippen molar-refractivity contribution in [3.05, 3.63) is 73.1 Å². The topological polar surface area (TPSA) is 109 Å². The average Bonchev–Trinajstić information content (AvgIpc) is 3.43. The zero-order chi connectivity index (χ0) is 20.8. The van der Waals surface area contributed by atoms with E-state index in [9.17, 15) is 4.39 Å². The Morgan fingerprint density at radius 2 is 1.58 bits per heavy atom. The molecule has 0 aliphatic heterocycles. The zero-order valence-corrected chi connectivity index (χ0v) is 15.9. The first-order valence-corrected chi connectivity index (χ1v) is 9.49. The van der Waals surface area contributed by atoms with Gasteiger partial charge in [0.2, 0.25) is 0 Å². The lowest BCUT2D eigenvalue weighted by Crippen LogP contribution is -1.89. The van der Waals surface area contributed by atoms with Crippen molar-refractivity contribution >= 4 is 22.1 Å². The molecule has 0 atom stereocenters. The first-order chi connectivity index (χ1) is 15.3. The predicted molar refractivity (Wildman–Crippen MR) is 113 cm³/mol. The largest absolute Gasteiger partial charge is 0.336 e. The van der Waals surface area contributed by atoms with E-state index in [-0.39, 0.29) is 5.82 Å². The van der Waals surface area contributed by atoms with Crippen LogP contribution in [0.1, 0.15) is 0 Å². The monoisotopic (exact) mass is 408 g/mol. The molecule has 8 nitrogen and oxygen atoms in total. The molecule has 0 unspecified atom stereocenters. The third kappa shape index (κ3) is 2.91. The summed E-state index contributed by atoms with van der Waals surface area (Å²) in [5.41, 5.74) is 6.29. The summed E-state index contributed by atoms with van der Waals surface area (Å²) in [5.74, 6) is 0.257. The van der Waals surface area contributed by atoms with Gasteiger partial charge in [-0.3, -0.25) is 20.1 Å². The molecule has 6 rings (SSSR count). The minimum Gasteiger partial charge on any atom is -0.336 e. The fourth-order valence-corrected chi connectivity index (χ4v) is 3.50. The van der Waals surface area contributed by atoms with Crippen LogP contribution in [0.5, 0.6) is 0 Å². The Morgan fingerprint density at radius 3 is 2.42 bits per heavy atom. The van der Waals surface area contributed by atoms with Crippen LogP contribution in [0.4, 0.5) is 4.39 Å². The van der Waals surface area contributed by atoms with Crippen molar-refractivity contribution in [2.45, 2.75) is 0 Å². The Kier molecular flexibility index (Phi) is 3.79. The average molecular weight is 408 g/mol. The van der Waals surface area contributed by atoms with Gasteiger partial charge in [0.05, 0.1) is 28.6 Å². The number of aromatic nitrogens is 8. The number of fused-ring (bicyclic) bond motifs is 2. The van der Waals surface area contributed by atoms with E-state index in [1.807, 2.05) is 18.2 Å². The lowest BCUT2D eigenvalue weighted by molar-refractivity contribution is 0.628. The number of aromatic amines is 2. The molecular formula is C22H13FN8. The quantitative estimate of drug-likeness (QED) is 0.455. The fourth-order valence-electron chi connectivity index (χ4n) is 3.50. The van der Waals surface area contributed by atoms with E-state index in [1.54, 1.807) is 36.9 Å². The Balaban J connectivity index is 1.51. The molecule has 2 N–H and O–H groups in total. The number of hydrogen-bond donors (Lipinski definition) is 2. The van der Waals surface area contributed by atoms with Crippen LogP contribution >= 0.6 is 0 Å². The molecule has 0 radical (unpaired) electrons. The Bertz CT molecular complexity index is 1540. The summed E-state index contributed by atoms with van der Waals surface area (Å²) < 4.78 is 13.3. The van der Waals surface area contributed by atoms with E-state index in [2.05, 4.69) is 30.1 Å². The minimum absolute atomic E-state index is 0.299. The number of benzene rings is 1. The summed E-state index contributed by atoms with van der Waals surface area (Å²) >= 11 is 0. The summed E-state index contributed by atoms with van der Waals surface area (Å²) in [7, 11) is 0. The maximum atomic E-state index is 13.3. The molecular weight excluding hydrogens is 395 g/mol. The number of halogens is 1. The molecule has 9 heteroatoms. The van der Waals surface area contributed by atoms with Crippen LogP contribution in [0.25, 0.3) is 56.2 Å². The number of rotatable bonds is 3. The summed E-state index contributed by atoms with van der Waals surface area (Å²) in [6.07, 6.45) is 6.60. The highest BCUT2D eigenvalue weighted by atomic mass is 19.1. The standard InChI is InChI=1S/C22H13FN8/c23-13-3-1-12(2-4-13)18-19-15(7-8-26-18)28-22(29-19)21-20-16(30-31-21)6-5-14(27-20)17-11-24-9-10-25-17/h1-11H,(H,28,29)(H,30,31). The molecule has 0 bridgehead atoms. The van der Waals surface area contributed by atoms with Crippen molar-refractivity contribution in [1.29, 1.82) is 0 Å². The van der Waals surface area contributed by atoms with Gasteiger partial charge in [0.1, 0.15) is 22.5 Å². The SMILES string of the molecule is Fc1ccc(-c2nccc3[nH]c(-c4n[nH]c5ccc(-c6cnccn6)nc45)nc23)cc1. The number of H-pyrrole nitrogens is 2. The molecule has 5 aromatic heterocycles. The fraction of sp³-hybridized carbons (Fsp3) is 0. The second-order valence-electron chi connectivity index (χ2n) is 6.90. The Hall–Kier alpha value is -4.53. The maximum absolute atomic E-state index is 13.3. The number of nitrogens with one attached hydrogen (secondary N) is 2. The molecule has 148 valence electrons. The molecule has 0 fully saturated rings. The van der Waals surface area contributed by atoms with Crippen LogP contribution in [-0.2, 0) is 0 Å². The summed E-state index contributed by atoms with van der Waals surface area (Å²) in [6, 6.07) is 11.8. The van der Waals surface area contributed by atoms with Gasteiger partial charge < -0.3 is 4.98 Å². The van der Waals surface area contributed by atoms with Crippen LogP contribution in [-0.4, -0.2) is 40.1 Å². The summed E-state index contributed by atoms with van der Waals surface area (Å²) in [6.45, 7) is 0. The van der Waals surface area contributed by atoms with Gasteiger partial charge in [0.15, 0.2) is 11.5 Å². The number of nitrogens with zero attached hydrogens (tertiary/aromatic N) is 6. The summed E-state index contributed by atoms with van der Waals surface area (Å²) in [5, 5.41) is 7.42. The molecule has 5 heterocycles. The van der Waals surface area contributed by atoms with Gasteiger partial charge in [-0.15, -0.1) is 0 Å². The minimum atomic E-state index is -0.299. The first kappa shape index (κ1) is 17.3. The van der Waals surface area contributed by atoms with E-state index in [0.717, 1.165) is 16.6 Å². The number of imidazole rings is 1. The van der Waals surface area contributed by atoms with Gasteiger partial charge in [-0.1, -0.05) is 0 Å². The number of pyridine rings is 2. The van der Waals surface area contributed by atoms with Crippen LogP contribution in [0.2, 0.25) is 0 Å². The van der Waals surface area contributed by atoms with Crippen molar-refractivity contribution in [3.8, 4) is 34.2 Å². The van der Waals surface area contributed by atoms with Crippen LogP contribution < -0.4 is 0 Å². The van der Waals surface area contributed by atoms with E-state index >= 15 is 0 Å². The molecule has 0 aliphatic rings. The van der Waals surface area contributed by atoms with Crippen molar-refractivity contribution in [3.63, 3.8) is 0 Å². The second kappa shape index (κ2) is 6.77. The summed E-state index contributed by atoms with van der Waals surface area (Å²) in [4.78, 5) is 25.6. The highest BCUT2D eigenvalue weighted by Crippen LogP contribution is 2.30. The number of hydrogen-bond acceptors (Lipinski definition) is 6. The van der Waals surface area contributed by atoms with Gasteiger partial charge in [0, 0.05) is 24.2 Å². The molecule has 0 saturated heterocycles. The van der Waals surface area contributed by atoms with Gasteiger partial charge in [-0.05, 0) is 42.5 Å². The van der Waals surface area contributed by atoms with Crippen LogP contribution in [0.3, 0.4) is 0 Å². The first-order valence-electron chi connectivity index (χ1n) is 9.49. The lowest BCUT2D eigenvalue weighted by Gasteiger charge is -2.01. The molecule has 0 saturated carbocycles. The Labute approximate surface area is 174 Å². The molecule has 0 amide bonds. The molecule has 0 spiro atoms. The Morgan fingerprint density at radius 1 is 0.710 bits per heavy atom. The van der Waals surface area contributed by atoms with E-state index < -0.39 is 0 Å². The van der Waals surface area contributed by atoms with Crippen molar-refractivity contribution in [1.82, 2.24) is 40.1 Å². The van der Waals surface area contributed by atoms with E-state index in [4.69, 9.17) is 9.97 Å². The van der Waals surface area contributed by atoms with Crippen LogP contribution in [0.15, 0.2) is 67.3 Å².